The number of rotatable bonds is 3. The highest BCUT2D eigenvalue weighted by molar-refractivity contribution is 6.32. The minimum atomic E-state index is 0.245. The lowest BCUT2D eigenvalue weighted by Gasteiger charge is -2.04. The van der Waals surface area contributed by atoms with Crippen LogP contribution in [-0.2, 0) is 0 Å². The number of imidazole rings is 1. The first kappa shape index (κ1) is 11.7. The summed E-state index contributed by atoms with van der Waals surface area (Å²) in [5.41, 5.74) is 1.00. The van der Waals surface area contributed by atoms with Gasteiger partial charge in [-0.1, -0.05) is 29.8 Å². The first-order valence-electron chi connectivity index (χ1n) is 5.64. The summed E-state index contributed by atoms with van der Waals surface area (Å²) in [6.07, 6.45) is 2.47. The Labute approximate surface area is 114 Å². The van der Waals surface area contributed by atoms with Crippen LogP contribution in [0.3, 0.4) is 0 Å². The van der Waals surface area contributed by atoms with Crippen molar-refractivity contribution in [2.45, 2.75) is 0 Å². The van der Waals surface area contributed by atoms with Gasteiger partial charge in [0.2, 0.25) is 5.88 Å². The molecular weight excluding hydrogens is 264 g/mol. The lowest BCUT2D eigenvalue weighted by molar-refractivity contribution is 0.111. The monoisotopic (exact) mass is 272 g/mol. The lowest BCUT2D eigenvalue weighted by atomic mass is 10.3. The maximum Gasteiger partial charge on any atom is 0.249 e. The van der Waals surface area contributed by atoms with Gasteiger partial charge in [0, 0.05) is 6.20 Å². The summed E-state index contributed by atoms with van der Waals surface area (Å²) < 4.78 is 7.29. The third kappa shape index (κ3) is 2.06. The second kappa shape index (κ2) is 4.74. The molecule has 0 spiro atoms. The third-order valence-electron chi connectivity index (χ3n) is 2.69. The van der Waals surface area contributed by atoms with Gasteiger partial charge >= 0.3 is 0 Å². The lowest BCUT2D eigenvalue weighted by Crippen LogP contribution is -1.93. The van der Waals surface area contributed by atoms with Crippen LogP contribution >= 0.6 is 11.6 Å². The van der Waals surface area contributed by atoms with E-state index in [1.165, 1.54) is 0 Å². The number of aldehydes is 1. The number of fused-ring (bicyclic) bond motifs is 1. The Morgan fingerprint density at radius 2 is 1.95 bits per heavy atom. The average molecular weight is 273 g/mol. The number of pyridine rings is 1. The topological polar surface area (TPSA) is 43.6 Å². The normalized spacial score (nSPS) is 10.6. The molecule has 19 heavy (non-hydrogen) atoms. The molecule has 0 saturated carbocycles. The predicted octanol–water partition coefficient (Wildman–Crippen LogP) is 3.59. The van der Waals surface area contributed by atoms with Crippen molar-refractivity contribution in [3.63, 3.8) is 0 Å². The Hall–Kier alpha value is -2.33. The molecule has 0 N–H and O–H groups in total. The molecule has 2 heterocycles. The molecule has 2 aromatic heterocycles. The van der Waals surface area contributed by atoms with Crippen LogP contribution in [0.1, 0.15) is 10.5 Å². The Morgan fingerprint density at radius 1 is 1.16 bits per heavy atom. The van der Waals surface area contributed by atoms with Crippen LogP contribution in [0.4, 0.5) is 0 Å². The number of halogens is 1. The molecule has 0 bridgehead atoms. The second-order valence-electron chi connectivity index (χ2n) is 3.88. The van der Waals surface area contributed by atoms with Crippen molar-refractivity contribution in [1.29, 1.82) is 0 Å². The minimum Gasteiger partial charge on any atom is -0.435 e. The standard InChI is InChI=1S/C14H9ClN2O2/c15-10-5-1-2-6-12(10)19-14-11(9-18)17-8-4-3-7-13(17)16-14/h1-9H. The molecule has 5 heteroatoms. The van der Waals surface area contributed by atoms with Crippen molar-refractivity contribution in [3.05, 3.63) is 59.4 Å². The van der Waals surface area contributed by atoms with Gasteiger partial charge in [0.15, 0.2) is 12.0 Å². The minimum absolute atomic E-state index is 0.245. The number of carbonyl (C=O) groups is 1. The summed E-state index contributed by atoms with van der Waals surface area (Å²) in [5.74, 6) is 0.713. The van der Waals surface area contributed by atoms with Crippen molar-refractivity contribution in [1.82, 2.24) is 9.38 Å². The van der Waals surface area contributed by atoms with E-state index in [1.54, 1.807) is 40.9 Å². The van der Waals surface area contributed by atoms with E-state index < -0.39 is 0 Å². The summed E-state index contributed by atoms with van der Waals surface area (Å²) in [5, 5.41) is 0.469. The van der Waals surface area contributed by atoms with Gasteiger partial charge in [-0.05, 0) is 24.3 Å². The number of ether oxygens (including phenoxy) is 1. The van der Waals surface area contributed by atoms with Gasteiger partial charge in [-0.2, -0.15) is 4.98 Å². The molecule has 0 radical (unpaired) electrons. The summed E-state index contributed by atoms with van der Waals surface area (Å²) >= 11 is 6.02. The Kier molecular flexibility index (Phi) is 2.93. The van der Waals surface area contributed by atoms with Gasteiger partial charge < -0.3 is 4.74 Å². The van der Waals surface area contributed by atoms with E-state index in [1.807, 2.05) is 12.1 Å². The highest BCUT2D eigenvalue weighted by Gasteiger charge is 2.14. The van der Waals surface area contributed by atoms with Crippen LogP contribution in [0.15, 0.2) is 48.7 Å². The Morgan fingerprint density at radius 3 is 2.74 bits per heavy atom. The quantitative estimate of drug-likeness (QED) is 0.684. The molecule has 1 aromatic carbocycles. The maximum absolute atomic E-state index is 11.2. The number of carbonyl (C=O) groups excluding carboxylic acids is 1. The molecular formula is C14H9ClN2O2. The average Bonchev–Trinajstić information content (AvgIpc) is 2.78. The van der Waals surface area contributed by atoms with Crippen molar-refractivity contribution in [2.75, 3.05) is 0 Å². The van der Waals surface area contributed by atoms with Crippen molar-refractivity contribution >= 4 is 23.5 Å². The van der Waals surface area contributed by atoms with E-state index in [4.69, 9.17) is 16.3 Å². The number of nitrogens with zero attached hydrogens (tertiary/aromatic N) is 2. The fourth-order valence-electron chi connectivity index (χ4n) is 1.81. The molecule has 3 aromatic rings. The first-order valence-corrected chi connectivity index (χ1v) is 6.02. The molecule has 0 aliphatic rings. The van der Waals surface area contributed by atoms with Crippen molar-refractivity contribution < 1.29 is 9.53 Å². The van der Waals surface area contributed by atoms with Gasteiger partial charge in [0.1, 0.15) is 11.4 Å². The van der Waals surface area contributed by atoms with Gasteiger partial charge in [-0.15, -0.1) is 0 Å². The predicted molar refractivity (Wildman–Crippen MR) is 72.1 cm³/mol. The Balaban J connectivity index is 2.10. The fraction of sp³-hybridized carbons (Fsp3) is 0. The van der Waals surface area contributed by atoms with E-state index in [-0.39, 0.29) is 5.88 Å². The number of benzene rings is 1. The van der Waals surface area contributed by atoms with Gasteiger partial charge in [0.05, 0.1) is 5.02 Å². The van der Waals surface area contributed by atoms with Crippen LogP contribution in [0.2, 0.25) is 5.02 Å². The molecule has 0 fully saturated rings. The van der Waals surface area contributed by atoms with Crippen LogP contribution in [-0.4, -0.2) is 15.7 Å². The summed E-state index contributed by atoms with van der Waals surface area (Å²) in [6.45, 7) is 0. The van der Waals surface area contributed by atoms with Crippen LogP contribution in [0.5, 0.6) is 11.6 Å². The number of hydrogen-bond acceptors (Lipinski definition) is 3. The van der Waals surface area contributed by atoms with Crippen LogP contribution < -0.4 is 4.74 Å². The Bertz CT molecular complexity index is 752. The van der Waals surface area contributed by atoms with Gasteiger partial charge in [-0.3, -0.25) is 9.20 Å². The van der Waals surface area contributed by atoms with Crippen LogP contribution in [0, 0.1) is 0 Å². The smallest absolute Gasteiger partial charge is 0.249 e. The number of para-hydroxylation sites is 1. The molecule has 0 unspecified atom stereocenters. The second-order valence-corrected chi connectivity index (χ2v) is 4.29. The zero-order valence-electron chi connectivity index (χ0n) is 9.79. The summed E-state index contributed by atoms with van der Waals surface area (Å²) in [7, 11) is 0. The largest absolute Gasteiger partial charge is 0.435 e. The summed E-state index contributed by atoms with van der Waals surface area (Å²) in [4.78, 5) is 15.5. The van der Waals surface area contributed by atoms with E-state index in [0.717, 1.165) is 0 Å². The van der Waals surface area contributed by atoms with Crippen LogP contribution in [0.25, 0.3) is 5.65 Å². The van der Waals surface area contributed by atoms with Crippen molar-refractivity contribution in [2.24, 2.45) is 0 Å². The maximum atomic E-state index is 11.2. The highest BCUT2D eigenvalue weighted by atomic mass is 35.5. The zero-order valence-corrected chi connectivity index (χ0v) is 10.5. The molecule has 3 rings (SSSR count). The SMILES string of the molecule is O=Cc1c(Oc2ccccc2Cl)nc2ccccn12. The fourth-order valence-corrected chi connectivity index (χ4v) is 1.98. The summed E-state index contributed by atoms with van der Waals surface area (Å²) in [6, 6.07) is 12.5. The van der Waals surface area contributed by atoms with E-state index in [2.05, 4.69) is 4.98 Å². The third-order valence-corrected chi connectivity index (χ3v) is 3.00. The van der Waals surface area contributed by atoms with Gasteiger partial charge in [-0.25, -0.2) is 0 Å². The number of aromatic nitrogens is 2. The van der Waals surface area contributed by atoms with E-state index in [9.17, 15) is 4.79 Å². The molecule has 0 aliphatic heterocycles. The molecule has 0 amide bonds. The molecule has 4 nitrogen and oxygen atoms in total. The van der Waals surface area contributed by atoms with E-state index >= 15 is 0 Å². The molecule has 0 atom stereocenters. The number of hydrogen-bond donors (Lipinski definition) is 0. The highest BCUT2D eigenvalue weighted by Crippen LogP contribution is 2.30. The van der Waals surface area contributed by atoms with Crippen molar-refractivity contribution in [3.8, 4) is 11.6 Å². The van der Waals surface area contributed by atoms with E-state index in [0.29, 0.717) is 28.4 Å². The first-order chi connectivity index (χ1) is 9.29. The molecule has 0 saturated heterocycles. The van der Waals surface area contributed by atoms with Gasteiger partial charge in [0.25, 0.3) is 0 Å². The molecule has 94 valence electrons. The zero-order chi connectivity index (χ0) is 13.2. The molecule has 0 aliphatic carbocycles.